The van der Waals surface area contributed by atoms with Gasteiger partial charge in [-0.3, -0.25) is 4.57 Å². The highest BCUT2D eigenvalue weighted by molar-refractivity contribution is 5.55. The summed E-state index contributed by atoms with van der Waals surface area (Å²) in [5.74, 6) is 1.16. The van der Waals surface area contributed by atoms with Crippen LogP contribution < -0.4 is 11.0 Å². The molecule has 0 saturated carbocycles. The maximum Gasteiger partial charge on any atom is 0.347 e. The lowest BCUT2D eigenvalue weighted by Gasteiger charge is -2.07. The van der Waals surface area contributed by atoms with Gasteiger partial charge in [0.25, 0.3) is 0 Å². The number of hydrogen-bond acceptors (Lipinski definition) is 6. The third-order valence-electron chi connectivity index (χ3n) is 3.25. The third-order valence-corrected chi connectivity index (χ3v) is 3.25. The Morgan fingerprint density at radius 1 is 1.04 bits per heavy atom. The van der Waals surface area contributed by atoms with Crippen LogP contribution in [0.3, 0.4) is 0 Å². The van der Waals surface area contributed by atoms with Gasteiger partial charge in [-0.2, -0.15) is 4.98 Å². The summed E-state index contributed by atoms with van der Waals surface area (Å²) < 4.78 is 1.57. The summed E-state index contributed by atoms with van der Waals surface area (Å²) in [4.78, 5) is 27.9. The number of hydrogen-bond donors (Lipinski definition) is 1. The Bertz CT molecular complexity index is 818. The summed E-state index contributed by atoms with van der Waals surface area (Å²) in [7, 11) is 0. The second-order valence-electron chi connectivity index (χ2n) is 4.87. The lowest BCUT2D eigenvalue weighted by atomic mass is 10.2. The number of nitrogens with one attached hydrogen (secondary N) is 1. The lowest BCUT2D eigenvalue weighted by Crippen LogP contribution is -2.22. The van der Waals surface area contributed by atoms with Crippen LogP contribution in [0.1, 0.15) is 6.42 Å². The smallest absolute Gasteiger partial charge is 0.347 e. The molecule has 0 radical (unpaired) electrons. The van der Waals surface area contributed by atoms with E-state index in [1.807, 2.05) is 30.3 Å². The topological polar surface area (TPSA) is 85.6 Å². The Labute approximate surface area is 133 Å². The Morgan fingerprint density at radius 3 is 2.74 bits per heavy atom. The minimum atomic E-state index is -0.237. The fraction of sp³-hybridized carbons (Fsp3) is 0.188. The van der Waals surface area contributed by atoms with Crippen molar-refractivity contribution in [1.29, 1.82) is 0 Å². The molecule has 7 nitrogen and oxygen atoms in total. The number of rotatable bonds is 6. The molecule has 0 aliphatic heterocycles. The van der Waals surface area contributed by atoms with E-state index in [1.165, 1.54) is 12.5 Å². The van der Waals surface area contributed by atoms with E-state index in [-0.39, 0.29) is 5.69 Å². The molecule has 0 atom stereocenters. The monoisotopic (exact) mass is 308 g/mol. The Kier molecular flexibility index (Phi) is 4.68. The molecule has 2 heterocycles. The molecule has 0 bridgehead atoms. The van der Waals surface area contributed by atoms with Crippen LogP contribution in [0.4, 0.5) is 5.95 Å². The zero-order chi connectivity index (χ0) is 15.9. The van der Waals surface area contributed by atoms with E-state index in [2.05, 4.69) is 25.3 Å². The number of aryl methyl sites for hydroxylation is 1. The average molecular weight is 308 g/mol. The van der Waals surface area contributed by atoms with Crippen LogP contribution in [0.5, 0.6) is 0 Å². The van der Waals surface area contributed by atoms with Crippen molar-refractivity contribution in [3.05, 3.63) is 65.6 Å². The van der Waals surface area contributed by atoms with Gasteiger partial charge in [-0.25, -0.2) is 19.7 Å². The Hall–Kier alpha value is -3.09. The zero-order valence-electron chi connectivity index (χ0n) is 12.5. The molecule has 1 aromatic carbocycles. The van der Waals surface area contributed by atoms with Crippen molar-refractivity contribution in [1.82, 2.24) is 24.5 Å². The first kappa shape index (κ1) is 14.8. The van der Waals surface area contributed by atoms with Crippen LogP contribution in [-0.2, 0) is 6.54 Å². The quantitative estimate of drug-likeness (QED) is 0.696. The van der Waals surface area contributed by atoms with Crippen molar-refractivity contribution in [2.24, 2.45) is 0 Å². The number of benzene rings is 1. The van der Waals surface area contributed by atoms with Crippen LogP contribution in [0.15, 0.2) is 59.9 Å². The van der Waals surface area contributed by atoms with Gasteiger partial charge in [-0.1, -0.05) is 30.3 Å². The van der Waals surface area contributed by atoms with E-state index in [0.717, 1.165) is 12.0 Å². The molecule has 23 heavy (non-hydrogen) atoms. The standard InChI is InChI=1S/C16H16N6O/c23-16-18-9-5-11-22(16)10-4-8-17-15-20-12-19-14(21-15)13-6-2-1-3-7-13/h1-3,5-7,9,11-12H,4,8,10H2,(H,17,19,20,21). The van der Waals surface area contributed by atoms with Gasteiger partial charge in [0, 0.05) is 31.0 Å². The summed E-state index contributed by atoms with van der Waals surface area (Å²) in [5, 5.41) is 3.15. The van der Waals surface area contributed by atoms with E-state index in [4.69, 9.17) is 0 Å². The van der Waals surface area contributed by atoms with E-state index >= 15 is 0 Å². The summed E-state index contributed by atoms with van der Waals surface area (Å²) >= 11 is 0. The SMILES string of the molecule is O=c1ncccn1CCCNc1ncnc(-c2ccccc2)n1. The molecule has 116 valence electrons. The summed E-state index contributed by atoms with van der Waals surface area (Å²) in [6.07, 6.45) is 5.47. The molecule has 0 saturated heterocycles. The van der Waals surface area contributed by atoms with Crippen LogP contribution in [0.25, 0.3) is 11.4 Å². The first-order valence-electron chi connectivity index (χ1n) is 7.33. The fourth-order valence-corrected chi connectivity index (χ4v) is 2.11. The van der Waals surface area contributed by atoms with Gasteiger partial charge in [0.1, 0.15) is 6.33 Å². The number of nitrogens with zero attached hydrogens (tertiary/aromatic N) is 5. The molecule has 0 aliphatic carbocycles. The third kappa shape index (κ3) is 3.97. The molecule has 1 N–H and O–H groups in total. The maximum absolute atomic E-state index is 11.5. The van der Waals surface area contributed by atoms with Crippen molar-refractivity contribution in [3.63, 3.8) is 0 Å². The first-order valence-corrected chi connectivity index (χ1v) is 7.33. The molecule has 0 aliphatic rings. The average Bonchev–Trinajstić information content (AvgIpc) is 2.61. The van der Waals surface area contributed by atoms with Crippen molar-refractivity contribution in [2.45, 2.75) is 13.0 Å². The summed E-state index contributed by atoms with van der Waals surface area (Å²) in [6.45, 7) is 1.25. The van der Waals surface area contributed by atoms with Gasteiger partial charge in [-0.05, 0) is 12.5 Å². The highest BCUT2D eigenvalue weighted by atomic mass is 16.1. The predicted molar refractivity (Wildman–Crippen MR) is 86.9 cm³/mol. The van der Waals surface area contributed by atoms with Gasteiger partial charge < -0.3 is 5.32 Å². The zero-order valence-corrected chi connectivity index (χ0v) is 12.5. The number of anilines is 1. The second-order valence-corrected chi connectivity index (χ2v) is 4.87. The predicted octanol–water partition coefficient (Wildman–Crippen LogP) is 1.60. The molecule has 0 amide bonds. The van der Waals surface area contributed by atoms with Crippen LogP contribution >= 0.6 is 0 Å². The largest absolute Gasteiger partial charge is 0.354 e. The second kappa shape index (κ2) is 7.26. The lowest BCUT2D eigenvalue weighted by molar-refractivity contribution is 0.621. The molecular weight excluding hydrogens is 292 g/mol. The number of aromatic nitrogens is 5. The van der Waals surface area contributed by atoms with Crippen LogP contribution in [0.2, 0.25) is 0 Å². The normalized spacial score (nSPS) is 10.4. The van der Waals surface area contributed by atoms with E-state index in [1.54, 1.807) is 16.8 Å². The minimum absolute atomic E-state index is 0.237. The molecule has 3 rings (SSSR count). The van der Waals surface area contributed by atoms with Crippen molar-refractivity contribution in [3.8, 4) is 11.4 Å². The van der Waals surface area contributed by atoms with Gasteiger partial charge in [-0.15, -0.1) is 0 Å². The van der Waals surface area contributed by atoms with Gasteiger partial charge in [0.05, 0.1) is 0 Å². The van der Waals surface area contributed by atoms with Gasteiger partial charge in [0.15, 0.2) is 5.82 Å². The van der Waals surface area contributed by atoms with Crippen molar-refractivity contribution < 1.29 is 0 Å². The van der Waals surface area contributed by atoms with Crippen molar-refractivity contribution in [2.75, 3.05) is 11.9 Å². The van der Waals surface area contributed by atoms with Gasteiger partial charge >= 0.3 is 5.69 Å². The van der Waals surface area contributed by atoms with E-state index in [0.29, 0.717) is 24.9 Å². The van der Waals surface area contributed by atoms with E-state index in [9.17, 15) is 4.79 Å². The fourth-order valence-electron chi connectivity index (χ4n) is 2.11. The Morgan fingerprint density at radius 2 is 1.91 bits per heavy atom. The molecule has 0 spiro atoms. The van der Waals surface area contributed by atoms with Gasteiger partial charge in [0.2, 0.25) is 5.95 Å². The summed E-state index contributed by atoms with van der Waals surface area (Å²) in [5.41, 5.74) is 0.707. The highest BCUT2D eigenvalue weighted by Gasteiger charge is 2.03. The molecule has 0 unspecified atom stereocenters. The minimum Gasteiger partial charge on any atom is -0.354 e. The van der Waals surface area contributed by atoms with Crippen LogP contribution in [-0.4, -0.2) is 31.0 Å². The summed E-state index contributed by atoms with van der Waals surface area (Å²) in [6, 6.07) is 11.5. The van der Waals surface area contributed by atoms with E-state index < -0.39 is 0 Å². The first-order chi connectivity index (χ1) is 11.3. The molecular formula is C16H16N6O. The molecule has 7 heteroatoms. The maximum atomic E-state index is 11.5. The Balaban J connectivity index is 1.57. The molecule has 0 fully saturated rings. The highest BCUT2D eigenvalue weighted by Crippen LogP contribution is 2.13. The van der Waals surface area contributed by atoms with Crippen LogP contribution in [0, 0.1) is 0 Å². The van der Waals surface area contributed by atoms with Crippen molar-refractivity contribution >= 4 is 5.95 Å². The molecule has 3 aromatic rings. The molecule has 2 aromatic heterocycles.